The second-order valence-corrected chi connectivity index (χ2v) is 6.74. The van der Waals surface area contributed by atoms with Crippen LogP contribution in [-0.2, 0) is 16.1 Å². The first-order valence-electron chi connectivity index (χ1n) is 9.83. The second kappa shape index (κ2) is 10.1. The molecule has 0 aliphatic heterocycles. The number of amides is 1. The molecule has 30 heavy (non-hydrogen) atoms. The number of hydrogen-bond acceptors (Lipinski definition) is 4. The number of benzene rings is 2. The average Bonchev–Trinajstić information content (AvgIpc) is 3.13. The molecule has 0 spiro atoms. The number of fused-ring (bicyclic) bond motifs is 1. The molecule has 0 atom stereocenters. The molecular weight excluding hydrogens is 378 g/mol. The maximum absolute atomic E-state index is 12.3. The van der Waals surface area contributed by atoms with Crippen LogP contribution in [0.2, 0.25) is 0 Å². The van der Waals surface area contributed by atoms with Crippen molar-refractivity contribution in [1.82, 2.24) is 4.57 Å². The van der Waals surface area contributed by atoms with Crippen LogP contribution in [0.15, 0.2) is 60.8 Å². The number of aryl methyl sites for hydroxylation is 1. The molecule has 6 heteroatoms. The first kappa shape index (κ1) is 20.9. The van der Waals surface area contributed by atoms with Gasteiger partial charge in [0.25, 0.3) is 0 Å². The summed E-state index contributed by atoms with van der Waals surface area (Å²) in [6.07, 6.45) is 6.37. The lowest BCUT2D eigenvalue weighted by Crippen LogP contribution is -2.09. The number of nitrogens with zero attached hydrogens (tertiary/aromatic N) is 2. The zero-order valence-electron chi connectivity index (χ0n) is 16.8. The lowest BCUT2D eigenvalue weighted by molar-refractivity contribution is -0.111. The molecule has 1 aromatic heterocycles. The van der Waals surface area contributed by atoms with E-state index in [0.29, 0.717) is 30.8 Å². The van der Waals surface area contributed by atoms with Crippen molar-refractivity contribution in [3.63, 3.8) is 0 Å². The zero-order valence-corrected chi connectivity index (χ0v) is 16.8. The van der Waals surface area contributed by atoms with Crippen LogP contribution in [0.3, 0.4) is 0 Å². The van der Waals surface area contributed by atoms with Crippen LogP contribution in [0, 0.1) is 11.3 Å². The van der Waals surface area contributed by atoms with Crippen LogP contribution >= 0.6 is 0 Å². The van der Waals surface area contributed by atoms with Crippen molar-refractivity contribution in [2.45, 2.75) is 26.3 Å². The van der Waals surface area contributed by atoms with Crippen molar-refractivity contribution in [2.24, 2.45) is 0 Å². The summed E-state index contributed by atoms with van der Waals surface area (Å²) in [4.78, 5) is 24.2. The number of nitriles is 1. The Balaban J connectivity index is 1.68. The third-order valence-corrected chi connectivity index (χ3v) is 4.52. The Morgan fingerprint density at radius 2 is 1.93 bits per heavy atom. The lowest BCUT2D eigenvalue weighted by atomic mass is 10.1. The van der Waals surface area contributed by atoms with Crippen molar-refractivity contribution in [2.75, 3.05) is 11.9 Å². The Hall–Kier alpha value is -3.85. The predicted octanol–water partition coefficient (Wildman–Crippen LogP) is 4.77. The van der Waals surface area contributed by atoms with Crippen LogP contribution in [0.25, 0.3) is 17.0 Å². The monoisotopic (exact) mass is 401 g/mol. The van der Waals surface area contributed by atoms with Crippen molar-refractivity contribution in [3.8, 4) is 6.07 Å². The number of ether oxygens (including phenoxy) is 1. The van der Waals surface area contributed by atoms with E-state index in [0.717, 1.165) is 22.9 Å². The molecule has 2 aromatic carbocycles. The van der Waals surface area contributed by atoms with Crippen LogP contribution in [0.5, 0.6) is 0 Å². The number of hydrogen-bond donors (Lipinski definition) is 1. The van der Waals surface area contributed by atoms with Gasteiger partial charge >= 0.3 is 5.97 Å². The minimum atomic E-state index is -0.373. The van der Waals surface area contributed by atoms with Crippen molar-refractivity contribution < 1.29 is 14.3 Å². The minimum absolute atomic E-state index is 0.273. The van der Waals surface area contributed by atoms with E-state index in [1.54, 1.807) is 30.3 Å². The number of anilines is 1. The fraction of sp³-hybridized carbons (Fsp3) is 0.208. The highest BCUT2D eigenvalue weighted by atomic mass is 16.5. The summed E-state index contributed by atoms with van der Waals surface area (Å²) in [5.41, 5.74) is 2.97. The smallest absolute Gasteiger partial charge is 0.338 e. The normalized spacial score (nSPS) is 10.8. The number of rotatable bonds is 8. The summed E-state index contributed by atoms with van der Waals surface area (Å²) in [5.74, 6) is -0.646. The van der Waals surface area contributed by atoms with Crippen LogP contribution < -0.4 is 5.32 Å². The van der Waals surface area contributed by atoms with E-state index in [9.17, 15) is 9.59 Å². The molecule has 0 saturated heterocycles. The van der Waals surface area contributed by atoms with Gasteiger partial charge in [0.2, 0.25) is 5.91 Å². The van der Waals surface area contributed by atoms with Gasteiger partial charge in [0.1, 0.15) is 0 Å². The van der Waals surface area contributed by atoms with E-state index >= 15 is 0 Å². The Labute approximate surface area is 175 Å². The molecule has 6 nitrogen and oxygen atoms in total. The molecule has 3 rings (SSSR count). The van der Waals surface area contributed by atoms with Gasteiger partial charge < -0.3 is 14.6 Å². The average molecular weight is 401 g/mol. The predicted molar refractivity (Wildman–Crippen MR) is 117 cm³/mol. The molecule has 0 saturated carbocycles. The first-order valence-corrected chi connectivity index (χ1v) is 9.83. The Morgan fingerprint density at radius 3 is 2.67 bits per heavy atom. The summed E-state index contributed by atoms with van der Waals surface area (Å²) in [5, 5.41) is 12.7. The number of carbonyl (C=O) groups is 2. The Bertz CT molecular complexity index is 1100. The van der Waals surface area contributed by atoms with Crippen LogP contribution in [0.4, 0.5) is 5.69 Å². The van der Waals surface area contributed by atoms with Gasteiger partial charge in [0.05, 0.1) is 24.7 Å². The standard InChI is InChI=1S/C24H23N3O3/c1-2-16-30-24(29)18-8-11-20(12-9-18)26-23(28)13-10-19-17-27(15-5-14-25)22-7-4-3-6-21(19)22/h3-4,6-13,17H,2,5,15-16H2,1H3,(H,26,28). The minimum Gasteiger partial charge on any atom is -0.462 e. The van der Waals surface area contributed by atoms with Gasteiger partial charge in [0.15, 0.2) is 0 Å². The van der Waals surface area contributed by atoms with Crippen molar-refractivity contribution >= 4 is 34.5 Å². The van der Waals surface area contributed by atoms with Crippen LogP contribution in [0.1, 0.15) is 35.7 Å². The highest BCUT2D eigenvalue weighted by Gasteiger charge is 2.08. The fourth-order valence-corrected chi connectivity index (χ4v) is 3.08. The molecule has 1 heterocycles. The summed E-state index contributed by atoms with van der Waals surface area (Å²) in [6.45, 7) is 2.92. The summed E-state index contributed by atoms with van der Waals surface area (Å²) < 4.78 is 7.11. The molecule has 3 aromatic rings. The molecule has 1 N–H and O–H groups in total. The summed E-state index contributed by atoms with van der Waals surface area (Å²) in [6, 6.07) is 16.6. The van der Waals surface area contributed by atoms with E-state index in [1.807, 2.05) is 42.0 Å². The molecule has 152 valence electrons. The van der Waals surface area contributed by atoms with Crippen LogP contribution in [-0.4, -0.2) is 23.1 Å². The van der Waals surface area contributed by atoms with E-state index in [4.69, 9.17) is 10.00 Å². The van der Waals surface area contributed by atoms with Crippen molar-refractivity contribution in [1.29, 1.82) is 5.26 Å². The number of aromatic nitrogens is 1. The lowest BCUT2D eigenvalue weighted by Gasteiger charge is -2.05. The SMILES string of the molecule is CCCOC(=O)c1ccc(NC(=O)C=Cc2cn(CCC#N)c3ccccc23)cc1. The second-order valence-electron chi connectivity index (χ2n) is 6.74. The molecular formula is C24H23N3O3. The van der Waals surface area contributed by atoms with Gasteiger partial charge in [-0.05, 0) is 42.8 Å². The molecule has 0 unspecified atom stereocenters. The highest BCUT2D eigenvalue weighted by Crippen LogP contribution is 2.23. The van der Waals surface area contributed by atoms with E-state index < -0.39 is 0 Å². The molecule has 0 aliphatic rings. The maximum Gasteiger partial charge on any atom is 0.338 e. The molecule has 0 fully saturated rings. The fourth-order valence-electron chi connectivity index (χ4n) is 3.08. The largest absolute Gasteiger partial charge is 0.462 e. The number of carbonyl (C=O) groups excluding carboxylic acids is 2. The Kier molecular flexibility index (Phi) is 7.01. The van der Waals surface area contributed by atoms with Gasteiger partial charge in [-0.15, -0.1) is 0 Å². The maximum atomic E-state index is 12.3. The summed E-state index contributed by atoms with van der Waals surface area (Å²) in [7, 11) is 0. The number of para-hydroxylation sites is 1. The Morgan fingerprint density at radius 1 is 1.17 bits per heavy atom. The zero-order chi connectivity index (χ0) is 21.3. The molecule has 0 bridgehead atoms. The number of nitrogens with one attached hydrogen (secondary N) is 1. The third kappa shape index (κ3) is 5.15. The van der Waals surface area contributed by atoms with Gasteiger partial charge in [-0.1, -0.05) is 25.1 Å². The quantitative estimate of drug-likeness (QED) is 0.435. The van der Waals surface area contributed by atoms with E-state index in [1.165, 1.54) is 6.08 Å². The summed E-state index contributed by atoms with van der Waals surface area (Å²) >= 11 is 0. The van der Waals surface area contributed by atoms with Crippen molar-refractivity contribution in [3.05, 3.63) is 71.9 Å². The molecule has 1 amide bonds. The van der Waals surface area contributed by atoms with E-state index in [-0.39, 0.29) is 11.9 Å². The van der Waals surface area contributed by atoms with Gasteiger partial charge in [-0.3, -0.25) is 4.79 Å². The molecule has 0 aliphatic carbocycles. The molecule has 0 radical (unpaired) electrons. The topological polar surface area (TPSA) is 84.1 Å². The van der Waals surface area contributed by atoms with E-state index in [2.05, 4.69) is 11.4 Å². The third-order valence-electron chi connectivity index (χ3n) is 4.52. The van der Waals surface area contributed by atoms with Gasteiger partial charge in [0, 0.05) is 41.0 Å². The van der Waals surface area contributed by atoms with Gasteiger partial charge in [-0.25, -0.2) is 4.79 Å². The number of esters is 1. The first-order chi connectivity index (χ1) is 14.6. The highest BCUT2D eigenvalue weighted by molar-refractivity contribution is 6.03. The van der Waals surface area contributed by atoms with Gasteiger partial charge in [-0.2, -0.15) is 5.26 Å².